The Morgan fingerprint density at radius 2 is 1.85 bits per heavy atom. The summed E-state index contributed by atoms with van der Waals surface area (Å²) in [5, 5.41) is 15.9. The summed E-state index contributed by atoms with van der Waals surface area (Å²) in [6.45, 7) is 3.79. The molecule has 0 spiro atoms. The number of hydrogen-bond acceptors (Lipinski definition) is 4. The summed E-state index contributed by atoms with van der Waals surface area (Å²) in [6.07, 6.45) is 0. The molecule has 5 nitrogen and oxygen atoms in total. The highest BCUT2D eigenvalue weighted by atomic mass is 24.4. The van der Waals surface area contributed by atoms with E-state index in [2.05, 4.69) is 4.74 Å². The zero-order valence-corrected chi connectivity index (χ0v) is 9.23. The standard InChI is InChI=1S/C5H7O4.C2H6O.Mg/c1-2-9-5(8)3-4(6)7;1-2-3;/h3H,2H2,1H3,(H,6,7);3H,2H2,1H3;/q;;+2. The van der Waals surface area contributed by atoms with E-state index in [4.69, 9.17) is 10.2 Å². The third-order valence-electron chi connectivity index (χ3n) is 0.869. The molecule has 1 unspecified atom stereocenters. The van der Waals surface area contributed by atoms with Crippen molar-refractivity contribution in [1.82, 2.24) is 0 Å². The van der Waals surface area contributed by atoms with Crippen LogP contribution in [0, 0.1) is 0 Å². The van der Waals surface area contributed by atoms with Crippen LogP contribution < -0.4 is 0 Å². The third kappa shape index (κ3) is 9.58. The Balaban J connectivity index is 0. The van der Waals surface area contributed by atoms with E-state index in [0.717, 1.165) is 21.7 Å². The van der Waals surface area contributed by atoms with Gasteiger partial charge < -0.3 is 14.9 Å². The van der Waals surface area contributed by atoms with E-state index in [-0.39, 0.29) is 13.2 Å². The molecule has 0 bridgehead atoms. The molecule has 0 rings (SSSR count). The first-order chi connectivity index (χ1) is 6.01. The highest BCUT2D eigenvalue weighted by Crippen LogP contribution is 2.00. The first-order valence-electron chi connectivity index (χ1n) is 3.84. The number of aliphatic hydroxyl groups is 1. The Labute approximate surface area is 89.5 Å². The van der Waals surface area contributed by atoms with Crippen molar-refractivity contribution in [3.05, 3.63) is 0 Å². The lowest BCUT2D eigenvalue weighted by atomic mass is 10.4. The van der Waals surface area contributed by atoms with E-state index >= 15 is 0 Å². The average molecular weight is 201 g/mol. The molecule has 0 fully saturated rings. The Hall–Kier alpha value is -0.334. The lowest BCUT2D eigenvalue weighted by molar-refractivity contribution is -0.150. The normalized spacial score (nSPS) is 10.8. The first kappa shape index (κ1) is 15.2. The molecule has 0 saturated carbocycles. The lowest BCUT2D eigenvalue weighted by Crippen LogP contribution is -2.20. The smallest absolute Gasteiger partial charge is 0.476 e. The van der Waals surface area contributed by atoms with Crippen molar-refractivity contribution in [2.75, 3.05) is 13.2 Å². The average Bonchev–Trinajstić information content (AvgIpc) is 2.04. The first-order valence-corrected chi connectivity index (χ1v) is 4.66. The Morgan fingerprint density at radius 3 is 2.08 bits per heavy atom. The Kier molecular flexibility index (Phi) is 11.4. The van der Waals surface area contributed by atoms with Gasteiger partial charge in [-0.3, -0.25) is 0 Å². The molecule has 0 aliphatic heterocycles. The van der Waals surface area contributed by atoms with Gasteiger partial charge in [0.05, 0.1) is 6.61 Å². The predicted molar refractivity (Wildman–Crippen MR) is 46.5 cm³/mol. The minimum absolute atomic E-state index is 0.223. The molecule has 0 aliphatic rings. The molecule has 6 heteroatoms. The van der Waals surface area contributed by atoms with E-state index < -0.39 is 16.0 Å². The monoisotopic (exact) mass is 201 g/mol. The van der Waals surface area contributed by atoms with Gasteiger partial charge in [0, 0.05) is 6.61 Å². The summed E-state index contributed by atoms with van der Waals surface area (Å²) < 4.78 is 3.42. The summed E-state index contributed by atoms with van der Waals surface area (Å²) in [4.78, 5) is 20.7. The number of esters is 1. The molecule has 0 aromatic carbocycles. The molecule has 0 aromatic rings. The molecule has 1 atom stereocenters. The van der Waals surface area contributed by atoms with Crippen LogP contribution in [0.2, 0.25) is 4.05 Å². The molecule has 0 heterocycles. The van der Waals surface area contributed by atoms with Crippen LogP contribution in [0.4, 0.5) is 0 Å². The number of carbonyl (C=O) groups is 2. The molecule has 2 N–H and O–H groups in total. The van der Waals surface area contributed by atoms with Crippen LogP contribution in [0.5, 0.6) is 0 Å². The van der Waals surface area contributed by atoms with Gasteiger partial charge in [0.1, 0.15) is 0 Å². The molecule has 71 valence electrons. The van der Waals surface area contributed by atoms with Gasteiger partial charge in [-0.2, -0.15) is 0 Å². The van der Waals surface area contributed by atoms with Crippen molar-refractivity contribution in [3.8, 4) is 0 Å². The third-order valence-corrected chi connectivity index (χ3v) is 1.55. The number of aliphatic hydroxyl groups excluding tert-OH is 1. The molecule has 0 aromatic heterocycles. The summed E-state index contributed by atoms with van der Waals surface area (Å²) >= 11 is 1.09. The maximum atomic E-state index is 10.6. The zero-order chi connectivity index (χ0) is 10.9. The molecule has 0 aliphatic carbocycles. The molecule has 7 radical (unpaired) electrons. The Morgan fingerprint density at radius 1 is 1.46 bits per heavy atom. The number of ether oxygens (including phenoxy) is 1. The predicted octanol–water partition coefficient (Wildman–Crippen LogP) is -0.410. The largest absolute Gasteiger partial charge is 1.44 e. The number of carboxylic acid groups (broad SMARTS) is 1. The lowest BCUT2D eigenvalue weighted by Gasteiger charge is -1.92. The van der Waals surface area contributed by atoms with Gasteiger partial charge in [-0.25, -0.2) is 9.59 Å². The minimum Gasteiger partial charge on any atom is -0.476 e. The van der Waals surface area contributed by atoms with Crippen molar-refractivity contribution < 1.29 is 24.5 Å². The van der Waals surface area contributed by atoms with Gasteiger partial charge in [-0.15, -0.1) is 0 Å². The topological polar surface area (TPSA) is 83.8 Å². The second kappa shape index (κ2) is 9.75. The molecule has 0 amide bonds. The second-order valence-corrected chi connectivity index (χ2v) is 2.78. The fourth-order valence-corrected chi connectivity index (χ4v) is 0.462. The van der Waals surface area contributed by atoms with Crippen LogP contribution in [0.15, 0.2) is 0 Å². The quantitative estimate of drug-likeness (QED) is 0.368. The van der Waals surface area contributed by atoms with Gasteiger partial charge in [0.2, 0.25) is 0 Å². The van der Waals surface area contributed by atoms with Crippen LogP contribution in [-0.4, -0.2) is 57.1 Å². The van der Waals surface area contributed by atoms with E-state index in [1.807, 2.05) is 0 Å². The second-order valence-electron chi connectivity index (χ2n) is 1.96. The van der Waals surface area contributed by atoms with Crippen LogP contribution in [0.1, 0.15) is 13.8 Å². The highest BCUT2D eigenvalue weighted by molar-refractivity contribution is 6.33. The van der Waals surface area contributed by atoms with Gasteiger partial charge in [0.25, 0.3) is 0 Å². The summed E-state index contributed by atoms with van der Waals surface area (Å²) in [7, 11) is 0. The van der Waals surface area contributed by atoms with Crippen molar-refractivity contribution >= 4 is 33.6 Å². The SMILES string of the molecule is CCO.CCOC(=O)[CH]([Mg+2])C(=O)O. The summed E-state index contributed by atoms with van der Waals surface area (Å²) in [5.41, 5.74) is 0. The fourth-order valence-electron chi connectivity index (χ4n) is 0.344. The van der Waals surface area contributed by atoms with Gasteiger partial charge in [0.15, 0.2) is 0 Å². The van der Waals surface area contributed by atoms with E-state index in [9.17, 15) is 9.59 Å². The van der Waals surface area contributed by atoms with Crippen LogP contribution >= 0.6 is 0 Å². The summed E-state index contributed by atoms with van der Waals surface area (Å²) in [6, 6.07) is 0. The summed E-state index contributed by atoms with van der Waals surface area (Å²) in [5.74, 6) is -1.81. The van der Waals surface area contributed by atoms with Gasteiger partial charge in [-0.05, 0) is 13.8 Å². The molecule has 0 saturated heterocycles. The van der Waals surface area contributed by atoms with E-state index in [1.165, 1.54) is 0 Å². The van der Waals surface area contributed by atoms with Crippen LogP contribution in [-0.2, 0) is 14.3 Å². The van der Waals surface area contributed by atoms with Gasteiger partial charge >= 0.3 is 37.7 Å². The van der Waals surface area contributed by atoms with Crippen molar-refractivity contribution in [3.63, 3.8) is 0 Å². The van der Waals surface area contributed by atoms with E-state index in [0.29, 0.717) is 0 Å². The number of rotatable bonds is 3. The molecule has 13 heavy (non-hydrogen) atoms. The number of hydrogen-bond donors (Lipinski definition) is 2. The van der Waals surface area contributed by atoms with Crippen molar-refractivity contribution in [1.29, 1.82) is 0 Å². The van der Waals surface area contributed by atoms with Crippen molar-refractivity contribution in [2.24, 2.45) is 0 Å². The zero-order valence-electron chi connectivity index (χ0n) is 7.82. The maximum absolute atomic E-state index is 10.6. The maximum Gasteiger partial charge on any atom is 1.44 e. The minimum atomic E-state index is -1.14. The van der Waals surface area contributed by atoms with Crippen LogP contribution in [0.25, 0.3) is 0 Å². The van der Waals surface area contributed by atoms with E-state index in [1.54, 1.807) is 13.8 Å². The number of aliphatic carboxylic acids is 1. The highest BCUT2D eigenvalue weighted by Gasteiger charge is 2.57. The number of carboxylic acids is 1. The molecular weight excluding hydrogens is 188 g/mol. The van der Waals surface area contributed by atoms with Crippen molar-refractivity contribution in [2.45, 2.75) is 17.9 Å². The molecular formula is C7H13MgO5+2. The number of carbonyl (C=O) groups excluding carboxylic acids is 1. The Bertz CT molecular complexity index is 159. The van der Waals surface area contributed by atoms with Crippen LogP contribution in [0.3, 0.4) is 0 Å². The van der Waals surface area contributed by atoms with Gasteiger partial charge in [-0.1, -0.05) is 0 Å². The fraction of sp³-hybridized carbons (Fsp3) is 0.714.